The van der Waals surface area contributed by atoms with E-state index in [0.717, 1.165) is 5.69 Å². The highest BCUT2D eigenvalue weighted by Gasteiger charge is 2.22. The number of aromatic nitrogens is 1. The molecule has 0 amide bonds. The minimum Gasteiger partial charge on any atom is -0.452 e. The first-order valence-electron chi connectivity index (χ1n) is 5.31. The van der Waals surface area contributed by atoms with Gasteiger partial charge in [-0.05, 0) is 22.9 Å². The molecule has 3 N–H and O–H groups in total. The predicted molar refractivity (Wildman–Crippen MR) is 75.2 cm³/mol. The number of hydrogen-bond acceptors (Lipinski definition) is 6. The lowest BCUT2D eigenvalue weighted by Crippen LogP contribution is -2.23. The van der Waals surface area contributed by atoms with Gasteiger partial charge in [0, 0.05) is 17.1 Å². The maximum atomic E-state index is 12.1. The molecule has 2 aromatic rings. The Morgan fingerprint density at radius 2 is 2.32 bits per heavy atom. The summed E-state index contributed by atoms with van der Waals surface area (Å²) in [6, 6.07) is 1.40. The summed E-state index contributed by atoms with van der Waals surface area (Å²) in [5.41, 5.74) is 6.27. The number of nitrogens with one attached hydrogen (secondary N) is 1. The topological polar surface area (TPSA) is 98.2 Å². The summed E-state index contributed by atoms with van der Waals surface area (Å²) in [6.07, 6.45) is 0. The number of sulfonamides is 1. The molecule has 0 bridgehead atoms. The van der Waals surface area contributed by atoms with E-state index in [0.29, 0.717) is 10.8 Å². The number of hydrogen-bond donors (Lipinski definition) is 2. The number of halogens is 1. The summed E-state index contributed by atoms with van der Waals surface area (Å²) in [7, 11) is -3.65. The lowest BCUT2D eigenvalue weighted by Gasteiger charge is -2.02. The van der Waals surface area contributed by atoms with Crippen molar-refractivity contribution < 1.29 is 12.8 Å². The van der Waals surface area contributed by atoms with E-state index in [9.17, 15) is 8.42 Å². The van der Waals surface area contributed by atoms with Gasteiger partial charge >= 0.3 is 0 Å². The number of rotatable bonds is 5. The molecule has 0 saturated carbocycles. The van der Waals surface area contributed by atoms with Crippen LogP contribution in [-0.2, 0) is 23.1 Å². The van der Waals surface area contributed by atoms with E-state index in [4.69, 9.17) is 10.2 Å². The first-order chi connectivity index (χ1) is 8.92. The summed E-state index contributed by atoms with van der Waals surface area (Å²) in [5.74, 6) is 0.400. The standard InChI is InChI=1S/C10H12BrN3O3S2/c1-6-5-18-9(14-6)4-13-19(15,16)8-2-7(3-12)17-10(8)11/h2,5,13H,3-4,12H2,1H3. The van der Waals surface area contributed by atoms with Crippen LogP contribution in [0.4, 0.5) is 0 Å². The Kier molecular flexibility index (Phi) is 4.41. The van der Waals surface area contributed by atoms with Crippen LogP contribution in [0.5, 0.6) is 0 Å². The van der Waals surface area contributed by atoms with Crippen LogP contribution in [0.25, 0.3) is 0 Å². The van der Waals surface area contributed by atoms with Crippen LogP contribution in [0, 0.1) is 6.92 Å². The van der Waals surface area contributed by atoms with Gasteiger partial charge < -0.3 is 10.2 Å². The van der Waals surface area contributed by atoms with Crippen molar-refractivity contribution in [2.24, 2.45) is 5.73 Å². The minimum atomic E-state index is -3.65. The summed E-state index contributed by atoms with van der Waals surface area (Å²) >= 11 is 4.48. The molecule has 0 radical (unpaired) electrons. The third-order valence-electron chi connectivity index (χ3n) is 2.28. The molecule has 0 aliphatic carbocycles. The maximum Gasteiger partial charge on any atom is 0.245 e. The van der Waals surface area contributed by atoms with Gasteiger partial charge in [0.1, 0.15) is 15.7 Å². The Morgan fingerprint density at radius 3 is 2.84 bits per heavy atom. The molecule has 0 aliphatic heterocycles. The fourth-order valence-electron chi connectivity index (χ4n) is 1.40. The summed E-state index contributed by atoms with van der Waals surface area (Å²) in [5, 5.41) is 2.57. The largest absolute Gasteiger partial charge is 0.452 e. The molecule has 0 saturated heterocycles. The Bertz CT molecular complexity index is 678. The highest BCUT2D eigenvalue weighted by atomic mass is 79.9. The molecule has 2 rings (SSSR count). The van der Waals surface area contributed by atoms with E-state index in [1.807, 2.05) is 12.3 Å². The van der Waals surface area contributed by atoms with E-state index in [-0.39, 0.29) is 22.7 Å². The number of thiazole rings is 1. The van der Waals surface area contributed by atoms with Gasteiger partial charge in [0.25, 0.3) is 0 Å². The van der Waals surface area contributed by atoms with Crippen molar-refractivity contribution in [1.29, 1.82) is 0 Å². The highest BCUT2D eigenvalue weighted by Crippen LogP contribution is 2.26. The lowest BCUT2D eigenvalue weighted by molar-refractivity contribution is 0.483. The Morgan fingerprint density at radius 1 is 1.58 bits per heavy atom. The number of nitrogens with two attached hydrogens (primary N) is 1. The molecule has 2 aromatic heterocycles. The highest BCUT2D eigenvalue weighted by molar-refractivity contribution is 9.10. The number of nitrogens with zero attached hydrogens (tertiary/aromatic N) is 1. The second kappa shape index (κ2) is 5.71. The first-order valence-corrected chi connectivity index (χ1v) is 8.47. The normalized spacial score (nSPS) is 11.9. The fraction of sp³-hybridized carbons (Fsp3) is 0.300. The van der Waals surface area contributed by atoms with Crippen molar-refractivity contribution in [3.05, 3.63) is 32.6 Å². The molecule has 0 fully saturated rings. The van der Waals surface area contributed by atoms with E-state index >= 15 is 0 Å². The van der Waals surface area contributed by atoms with E-state index < -0.39 is 10.0 Å². The molecule has 104 valence electrons. The molecule has 6 nitrogen and oxygen atoms in total. The van der Waals surface area contributed by atoms with Gasteiger partial charge in [-0.1, -0.05) is 0 Å². The van der Waals surface area contributed by atoms with Crippen molar-refractivity contribution in [2.45, 2.75) is 24.9 Å². The van der Waals surface area contributed by atoms with Gasteiger partial charge in [0.15, 0.2) is 4.67 Å². The molecule has 0 aliphatic rings. The van der Waals surface area contributed by atoms with Gasteiger partial charge in [-0.2, -0.15) is 0 Å². The molecule has 0 atom stereocenters. The summed E-state index contributed by atoms with van der Waals surface area (Å²) < 4.78 is 32.0. The summed E-state index contributed by atoms with van der Waals surface area (Å²) in [4.78, 5) is 4.23. The van der Waals surface area contributed by atoms with Crippen molar-refractivity contribution in [3.8, 4) is 0 Å². The average molecular weight is 366 g/mol. The summed E-state index contributed by atoms with van der Waals surface area (Å²) in [6.45, 7) is 2.14. The molecule has 9 heteroatoms. The quantitative estimate of drug-likeness (QED) is 0.840. The van der Waals surface area contributed by atoms with E-state index in [1.165, 1.54) is 17.4 Å². The SMILES string of the molecule is Cc1csc(CNS(=O)(=O)c2cc(CN)oc2Br)n1. The third-order valence-corrected chi connectivity index (χ3v) is 5.50. The van der Waals surface area contributed by atoms with Crippen LogP contribution in [0.2, 0.25) is 0 Å². The Hall–Kier alpha value is -0.740. The Balaban J connectivity index is 2.15. The van der Waals surface area contributed by atoms with Crippen molar-refractivity contribution >= 4 is 37.3 Å². The van der Waals surface area contributed by atoms with Crippen molar-refractivity contribution in [3.63, 3.8) is 0 Å². The third kappa shape index (κ3) is 3.42. The monoisotopic (exact) mass is 365 g/mol. The molecule has 0 aromatic carbocycles. The fourth-order valence-corrected chi connectivity index (χ4v) is 4.19. The zero-order valence-electron chi connectivity index (χ0n) is 10.0. The smallest absolute Gasteiger partial charge is 0.245 e. The first kappa shape index (κ1) is 14.7. The number of aryl methyl sites for hydroxylation is 1. The van der Waals surface area contributed by atoms with Crippen LogP contribution in [-0.4, -0.2) is 13.4 Å². The van der Waals surface area contributed by atoms with Crippen molar-refractivity contribution in [2.75, 3.05) is 0 Å². The number of furan rings is 1. The van der Waals surface area contributed by atoms with Gasteiger partial charge in [0.05, 0.1) is 13.1 Å². The zero-order valence-corrected chi connectivity index (χ0v) is 13.2. The van der Waals surface area contributed by atoms with Crippen molar-refractivity contribution in [1.82, 2.24) is 9.71 Å². The molecule has 19 heavy (non-hydrogen) atoms. The van der Waals surface area contributed by atoms with Crippen LogP contribution in [0.1, 0.15) is 16.5 Å². The van der Waals surface area contributed by atoms with Gasteiger partial charge in [-0.3, -0.25) is 0 Å². The molecule has 0 spiro atoms. The molecule has 0 unspecified atom stereocenters. The zero-order chi connectivity index (χ0) is 14.0. The molecular weight excluding hydrogens is 354 g/mol. The lowest BCUT2D eigenvalue weighted by atomic mass is 10.5. The molecule has 2 heterocycles. The van der Waals surface area contributed by atoms with Crippen LogP contribution < -0.4 is 10.5 Å². The average Bonchev–Trinajstić information content (AvgIpc) is 2.93. The molecular formula is C10H12BrN3O3S2. The predicted octanol–water partition coefficient (Wildman–Crippen LogP) is 1.74. The second-order valence-corrected chi connectivity index (χ2v) is 7.16. The van der Waals surface area contributed by atoms with E-state index in [2.05, 4.69) is 25.6 Å². The van der Waals surface area contributed by atoms with Gasteiger partial charge in [-0.15, -0.1) is 11.3 Å². The second-order valence-electron chi connectivity index (χ2n) is 3.76. The van der Waals surface area contributed by atoms with Gasteiger partial charge in [0.2, 0.25) is 10.0 Å². The Labute approximate surface area is 123 Å². The van der Waals surface area contributed by atoms with Crippen LogP contribution in [0.3, 0.4) is 0 Å². The van der Waals surface area contributed by atoms with E-state index in [1.54, 1.807) is 0 Å². The maximum absolute atomic E-state index is 12.1. The van der Waals surface area contributed by atoms with Gasteiger partial charge in [-0.25, -0.2) is 18.1 Å². The minimum absolute atomic E-state index is 0.0428. The van der Waals surface area contributed by atoms with Crippen LogP contribution >= 0.6 is 27.3 Å². The van der Waals surface area contributed by atoms with Crippen LogP contribution in [0.15, 0.2) is 25.4 Å².